The van der Waals surface area contributed by atoms with Crippen LogP contribution >= 0.6 is 27.3 Å². The Balaban J connectivity index is 2.09. The predicted molar refractivity (Wildman–Crippen MR) is 85.6 cm³/mol. The number of hydrogen-bond acceptors (Lipinski definition) is 2. The monoisotopic (exact) mass is 329 g/mol. The van der Waals surface area contributed by atoms with E-state index in [4.69, 9.17) is 0 Å². The van der Waals surface area contributed by atoms with Gasteiger partial charge in [0.2, 0.25) is 0 Å². The Bertz CT molecular complexity index is 659. The Morgan fingerprint density at radius 3 is 2.32 bits per heavy atom. The number of benzene rings is 2. The van der Waals surface area contributed by atoms with Gasteiger partial charge in [-0.25, -0.2) is 4.98 Å². The lowest BCUT2D eigenvalue weighted by Gasteiger charge is -2.08. The summed E-state index contributed by atoms with van der Waals surface area (Å²) in [6.07, 6.45) is 1.85. The van der Waals surface area contributed by atoms with Crippen molar-refractivity contribution in [1.82, 2.24) is 4.98 Å². The summed E-state index contributed by atoms with van der Waals surface area (Å²) in [5.41, 5.74) is 4.95. The second-order valence-corrected chi connectivity index (χ2v) is 5.67. The molecule has 0 unspecified atom stereocenters. The van der Waals surface area contributed by atoms with E-state index in [0.29, 0.717) is 0 Å². The molecular formula is C16H12BrNS. The third-order valence-electron chi connectivity index (χ3n) is 3.01. The van der Waals surface area contributed by atoms with Gasteiger partial charge in [-0.1, -0.05) is 64.5 Å². The van der Waals surface area contributed by atoms with Gasteiger partial charge in [0.25, 0.3) is 0 Å². The summed E-state index contributed by atoms with van der Waals surface area (Å²) >= 11 is 5.15. The van der Waals surface area contributed by atoms with Crippen LogP contribution in [0.1, 0.15) is 5.56 Å². The fourth-order valence-electron chi connectivity index (χ4n) is 2.05. The second kappa shape index (κ2) is 5.68. The summed E-state index contributed by atoms with van der Waals surface area (Å²) in [6.45, 7) is 0. The van der Waals surface area contributed by atoms with Crippen molar-refractivity contribution in [3.63, 3.8) is 0 Å². The van der Waals surface area contributed by atoms with Crippen LogP contribution in [-0.2, 0) is 5.33 Å². The maximum absolute atomic E-state index is 4.42. The molecule has 1 aromatic heterocycles. The molecule has 0 N–H and O–H groups in total. The van der Waals surface area contributed by atoms with E-state index in [9.17, 15) is 0 Å². The summed E-state index contributed by atoms with van der Waals surface area (Å²) in [5, 5.41) is 3.97. The highest BCUT2D eigenvalue weighted by Crippen LogP contribution is 2.33. The van der Waals surface area contributed by atoms with Gasteiger partial charge in [-0.2, -0.15) is 0 Å². The molecule has 0 spiro atoms. The summed E-state index contributed by atoms with van der Waals surface area (Å²) < 4.78 is 0. The average molecular weight is 330 g/mol. The van der Waals surface area contributed by atoms with Crippen LogP contribution in [0, 0.1) is 0 Å². The van der Waals surface area contributed by atoms with E-state index in [0.717, 1.165) is 10.3 Å². The van der Waals surface area contributed by atoms with E-state index < -0.39 is 0 Å². The molecule has 0 fully saturated rings. The summed E-state index contributed by atoms with van der Waals surface area (Å²) in [4.78, 5) is 4.42. The van der Waals surface area contributed by atoms with Gasteiger partial charge in [0.15, 0.2) is 0 Å². The van der Waals surface area contributed by atoms with Gasteiger partial charge in [0.1, 0.15) is 5.01 Å². The fourth-order valence-corrected chi connectivity index (χ4v) is 3.10. The molecule has 2 aromatic carbocycles. The molecular weight excluding hydrogens is 318 g/mol. The number of aromatic nitrogens is 1. The first-order chi connectivity index (χ1) is 9.38. The van der Waals surface area contributed by atoms with E-state index >= 15 is 0 Å². The third-order valence-corrected chi connectivity index (χ3v) is 4.46. The van der Waals surface area contributed by atoms with Gasteiger partial charge in [-0.3, -0.25) is 0 Å². The minimum absolute atomic E-state index is 0.890. The Morgan fingerprint density at radius 2 is 1.68 bits per heavy atom. The molecule has 0 aliphatic heterocycles. The van der Waals surface area contributed by atoms with Gasteiger partial charge < -0.3 is 0 Å². The fraction of sp³-hybridized carbons (Fsp3) is 0.0625. The van der Waals surface area contributed by atoms with Crippen molar-refractivity contribution in [1.29, 1.82) is 0 Å². The number of alkyl halides is 1. The highest BCUT2D eigenvalue weighted by Gasteiger charge is 2.08. The number of hydrogen-bond donors (Lipinski definition) is 0. The van der Waals surface area contributed by atoms with Gasteiger partial charge in [0.05, 0.1) is 0 Å². The number of rotatable bonds is 3. The predicted octanol–water partition coefficient (Wildman–Crippen LogP) is 5.37. The average Bonchev–Trinajstić information content (AvgIpc) is 3.01. The molecule has 0 aliphatic rings. The van der Waals surface area contributed by atoms with Gasteiger partial charge in [-0.05, 0) is 16.7 Å². The van der Waals surface area contributed by atoms with Crippen molar-refractivity contribution in [3.8, 4) is 21.7 Å². The molecule has 0 aliphatic carbocycles. The zero-order chi connectivity index (χ0) is 13.1. The zero-order valence-corrected chi connectivity index (χ0v) is 12.6. The topological polar surface area (TPSA) is 12.9 Å². The molecule has 0 radical (unpaired) electrons. The van der Waals surface area contributed by atoms with E-state index in [1.54, 1.807) is 11.3 Å². The highest BCUT2D eigenvalue weighted by molar-refractivity contribution is 9.08. The van der Waals surface area contributed by atoms with Crippen LogP contribution in [0.25, 0.3) is 21.7 Å². The molecule has 3 rings (SSSR count). The molecule has 0 bridgehead atoms. The van der Waals surface area contributed by atoms with Gasteiger partial charge >= 0.3 is 0 Å². The Hall–Kier alpha value is -1.45. The third kappa shape index (κ3) is 2.62. The van der Waals surface area contributed by atoms with E-state index in [-0.39, 0.29) is 0 Å². The Morgan fingerprint density at radius 1 is 0.947 bits per heavy atom. The highest BCUT2D eigenvalue weighted by atomic mass is 79.9. The maximum Gasteiger partial charge on any atom is 0.123 e. The van der Waals surface area contributed by atoms with E-state index in [1.165, 1.54) is 22.3 Å². The van der Waals surface area contributed by atoms with Crippen LogP contribution in [-0.4, -0.2) is 4.98 Å². The van der Waals surface area contributed by atoms with Crippen molar-refractivity contribution < 1.29 is 0 Å². The largest absolute Gasteiger partial charge is 0.245 e. The maximum atomic E-state index is 4.42. The smallest absolute Gasteiger partial charge is 0.123 e. The van der Waals surface area contributed by atoms with Gasteiger partial charge in [0, 0.05) is 22.5 Å². The first-order valence-electron chi connectivity index (χ1n) is 6.02. The molecule has 0 atom stereocenters. The molecule has 3 aromatic rings. The summed E-state index contributed by atoms with van der Waals surface area (Å²) in [6, 6.07) is 17.1. The first kappa shape index (κ1) is 12.6. The molecule has 0 saturated heterocycles. The van der Waals surface area contributed by atoms with Crippen molar-refractivity contribution in [2.24, 2.45) is 0 Å². The molecule has 3 heteroatoms. The standard InChI is InChI=1S/C16H12BrNS/c17-11-12-5-7-13(8-6-12)14-3-1-2-4-15(14)16-18-9-10-19-16/h1-10H,11H2. The number of thiazole rings is 1. The van der Waals surface area contributed by atoms with Crippen molar-refractivity contribution in [2.75, 3.05) is 0 Å². The zero-order valence-electron chi connectivity index (χ0n) is 10.2. The lowest BCUT2D eigenvalue weighted by Crippen LogP contribution is -1.85. The number of nitrogens with zero attached hydrogens (tertiary/aromatic N) is 1. The summed E-state index contributed by atoms with van der Waals surface area (Å²) in [5.74, 6) is 0. The second-order valence-electron chi connectivity index (χ2n) is 4.21. The van der Waals surface area contributed by atoms with E-state index in [2.05, 4.69) is 69.4 Å². The molecule has 19 heavy (non-hydrogen) atoms. The minimum Gasteiger partial charge on any atom is -0.245 e. The number of halogens is 1. The van der Waals surface area contributed by atoms with E-state index in [1.807, 2.05) is 11.6 Å². The van der Waals surface area contributed by atoms with Gasteiger partial charge in [-0.15, -0.1) is 11.3 Å². The molecule has 94 valence electrons. The SMILES string of the molecule is BrCc1ccc(-c2ccccc2-c2nccs2)cc1. The lowest BCUT2D eigenvalue weighted by molar-refractivity contribution is 1.41. The quantitative estimate of drug-likeness (QED) is 0.588. The Kier molecular flexibility index (Phi) is 3.76. The van der Waals surface area contributed by atoms with Crippen LogP contribution < -0.4 is 0 Å². The molecule has 1 heterocycles. The van der Waals surface area contributed by atoms with Crippen LogP contribution in [0.15, 0.2) is 60.1 Å². The van der Waals surface area contributed by atoms with Crippen LogP contribution in [0.5, 0.6) is 0 Å². The first-order valence-corrected chi connectivity index (χ1v) is 8.03. The van der Waals surface area contributed by atoms with Crippen molar-refractivity contribution in [2.45, 2.75) is 5.33 Å². The van der Waals surface area contributed by atoms with Crippen molar-refractivity contribution in [3.05, 3.63) is 65.7 Å². The minimum atomic E-state index is 0.890. The molecule has 0 saturated carbocycles. The van der Waals surface area contributed by atoms with Crippen LogP contribution in [0.2, 0.25) is 0 Å². The van der Waals surface area contributed by atoms with Crippen LogP contribution in [0.4, 0.5) is 0 Å². The van der Waals surface area contributed by atoms with Crippen molar-refractivity contribution >= 4 is 27.3 Å². The normalized spacial score (nSPS) is 10.6. The Labute approximate surface area is 125 Å². The van der Waals surface area contributed by atoms with Crippen LogP contribution in [0.3, 0.4) is 0 Å². The molecule has 1 nitrogen and oxygen atoms in total. The molecule has 0 amide bonds. The lowest BCUT2D eigenvalue weighted by atomic mass is 9.99. The summed E-state index contributed by atoms with van der Waals surface area (Å²) in [7, 11) is 0.